The van der Waals surface area contributed by atoms with Crippen LogP contribution in [0.3, 0.4) is 0 Å². The number of nitrogens with zero attached hydrogens (tertiary/aromatic N) is 2. The quantitative estimate of drug-likeness (QED) is 0.462. The lowest BCUT2D eigenvalue weighted by molar-refractivity contribution is 0.330. The molecule has 2 heterocycles. The van der Waals surface area contributed by atoms with E-state index in [9.17, 15) is 0 Å². The van der Waals surface area contributed by atoms with Crippen LogP contribution in [0.4, 0.5) is 5.82 Å². The maximum Gasteiger partial charge on any atom is 0.123 e. The smallest absolute Gasteiger partial charge is 0.123 e. The molecular weight excluding hydrogens is 464 g/mol. The fourth-order valence-electron chi connectivity index (χ4n) is 3.87. The summed E-state index contributed by atoms with van der Waals surface area (Å²) < 4.78 is 0. The van der Waals surface area contributed by atoms with Gasteiger partial charge in [-0.2, -0.15) is 0 Å². The van der Waals surface area contributed by atoms with Crippen LogP contribution in [-0.2, 0) is 12.8 Å². The molecule has 1 aromatic heterocycles. The number of nitrogens with two attached hydrogens (primary N) is 2. The van der Waals surface area contributed by atoms with Crippen LogP contribution in [0.15, 0.2) is 48.5 Å². The number of pyridine rings is 1. The average molecular weight is 499 g/mol. The number of anilines is 1. The van der Waals surface area contributed by atoms with Crippen molar-refractivity contribution in [3.63, 3.8) is 0 Å². The van der Waals surface area contributed by atoms with Crippen molar-refractivity contribution in [1.29, 1.82) is 0 Å². The van der Waals surface area contributed by atoms with Crippen LogP contribution in [0.25, 0.3) is 0 Å². The Balaban J connectivity index is 0. The Morgan fingerprint density at radius 1 is 0.967 bits per heavy atom. The van der Waals surface area contributed by atoms with Gasteiger partial charge in [0.15, 0.2) is 0 Å². The van der Waals surface area contributed by atoms with Crippen molar-refractivity contribution in [2.75, 3.05) is 38.5 Å². The first-order valence-corrected chi connectivity index (χ1v) is 9.65. The van der Waals surface area contributed by atoms with Crippen LogP contribution >= 0.6 is 49.6 Å². The van der Waals surface area contributed by atoms with Crippen LogP contribution in [0.5, 0.6) is 0 Å². The van der Waals surface area contributed by atoms with Crippen LogP contribution < -0.4 is 16.8 Å². The third kappa shape index (κ3) is 10.0. The van der Waals surface area contributed by atoms with Gasteiger partial charge in [0.1, 0.15) is 5.82 Å². The molecule has 5 N–H and O–H groups in total. The Hall–Kier alpha value is -0.790. The van der Waals surface area contributed by atoms with Gasteiger partial charge in [-0.15, -0.1) is 49.6 Å². The van der Waals surface area contributed by atoms with Crippen LogP contribution in [0, 0.1) is 5.92 Å². The number of rotatable bonds is 9. The number of nitrogens with one attached hydrogen (secondary N) is 1. The minimum absolute atomic E-state index is 0. The maximum absolute atomic E-state index is 5.84. The summed E-state index contributed by atoms with van der Waals surface area (Å²) in [5.41, 5.74) is 14.1. The topological polar surface area (TPSA) is 80.2 Å². The number of nitrogen functional groups attached to an aromatic ring is 1. The summed E-state index contributed by atoms with van der Waals surface area (Å²) in [4.78, 5) is 6.95. The predicted molar refractivity (Wildman–Crippen MR) is 137 cm³/mol. The number of aromatic nitrogens is 1. The highest BCUT2D eigenvalue weighted by molar-refractivity contribution is 5.86. The molecule has 2 aromatic rings. The second-order valence-electron chi connectivity index (χ2n) is 7.22. The summed E-state index contributed by atoms with van der Waals surface area (Å²) in [6, 6.07) is 17.1. The Morgan fingerprint density at radius 3 is 2.37 bits per heavy atom. The zero-order valence-electron chi connectivity index (χ0n) is 17.1. The second-order valence-corrected chi connectivity index (χ2v) is 7.22. The second kappa shape index (κ2) is 16.8. The summed E-state index contributed by atoms with van der Waals surface area (Å²) in [7, 11) is 0. The van der Waals surface area contributed by atoms with E-state index in [0.29, 0.717) is 24.3 Å². The maximum atomic E-state index is 5.84. The van der Waals surface area contributed by atoms with Crippen LogP contribution in [-0.4, -0.2) is 48.6 Å². The summed E-state index contributed by atoms with van der Waals surface area (Å²) in [6.07, 6.45) is 3.23. The van der Waals surface area contributed by atoms with Gasteiger partial charge in [-0.3, -0.25) is 0 Å². The first-order chi connectivity index (χ1) is 12.7. The van der Waals surface area contributed by atoms with E-state index in [-0.39, 0.29) is 49.6 Å². The van der Waals surface area contributed by atoms with E-state index in [1.54, 1.807) is 0 Å². The summed E-state index contributed by atoms with van der Waals surface area (Å²) in [6.45, 7) is 4.85. The van der Waals surface area contributed by atoms with Gasteiger partial charge in [0.05, 0.1) is 0 Å². The largest absolute Gasteiger partial charge is 0.384 e. The normalized spacial score (nSPS) is 17.8. The lowest BCUT2D eigenvalue weighted by Gasteiger charge is -2.20. The fraction of sp³-hybridized carbons (Fsp3) is 0.476. The number of halogens is 4. The molecule has 3 rings (SSSR count). The van der Waals surface area contributed by atoms with E-state index in [1.165, 1.54) is 5.56 Å². The molecule has 0 aliphatic carbocycles. The molecule has 0 amide bonds. The van der Waals surface area contributed by atoms with Gasteiger partial charge in [-0.1, -0.05) is 36.4 Å². The first kappa shape index (κ1) is 31.4. The van der Waals surface area contributed by atoms with Crippen molar-refractivity contribution in [3.8, 4) is 0 Å². The van der Waals surface area contributed by atoms with E-state index in [4.69, 9.17) is 11.5 Å². The molecule has 1 aromatic carbocycles. The van der Waals surface area contributed by atoms with E-state index >= 15 is 0 Å². The highest BCUT2D eigenvalue weighted by Crippen LogP contribution is 2.21. The molecule has 0 bridgehead atoms. The number of benzene rings is 1. The molecule has 0 radical (unpaired) electrons. The molecule has 30 heavy (non-hydrogen) atoms. The van der Waals surface area contributed by atoms with Gasteiger partial charge in [-0.25, -0.2) is 4.98 Å². The van der Waals surface area contributed by atoms with Gasteiger partial charge >= 0.3 is 0 Å². The average Bonchev–Trinajstić information content (AvgIpc) is 3.01. The molecule has 1 saturated heterocycles. The van der Waals surface area contributed by atoms with Gasteiger partial charge < -0.3 is 21.7 Å². The molecule has 2 atom stereocenters. The molecule has 0 unspecified atom stereocenters. The van der Waals surface area contributed by atoms with Gasteiger partial charge in [-0.05, 0) is 49.4 Å². The Kier molecular flexibility index (Phi) is 17.6. The molecule has 0 spiro atoms. The first-order valence-electron chi connectivity index (χ1n) is 9.65. The molecular formula is C21H35Cl4N5. The third-order valence-electron chi connectivity index (χ3n) is 5.15. The van der Waals surface area contributed by atoms with E-state index in [2.05, 4.69) is 51.6 Å². The van der Waals surface area contributed by atoms with Crippen molar-refractivity contribution < 1.29 is 0 Å². The zero-order chi connectivity index (χ0) is 18.2. The number of aryl methyl sites for hydroxylation is 1. The molecule has 0 saturated carbocycles. The van der Waals surface area contributed by atoms with Gasteiger partial charge in [0.2, 0.25) is 0 Å². The van der Waals surface area contributed by atoms with Crippen molar-refractivity contribution in [1.82, 2.24) is 15.2 Å². The molecule has 5 nitrogen and oxygen atoms in total. The van der Waals surface area contributed by atoms with E-state index in [0.717, 1.165) is 51.1 Å². The molecule has 1 fully saturated rings. The monoisotopic (exact) mass is 497 g/mol. The lowest BCUT2D eigenvalue weighted by Crippen LogP contribution is -2.38. The van der Waals surface area contributed by atoms with Crippen molar-refractivity contribution >= 4 is 55.4 Å². The van der Waals surface area contributed by atoms with E-state index < -0.39 is 0 Å². The van der Waals surface area contributed by atoms with E-state index in [1.807, 2.05) is 12.1 Å². The molecule has 172 valence electrons. The van der Waals surface area contributed by atoms with Crippen molar-refractivity contribution in [2.24, 2.45) is 11.7 Å². The minimum Gasteiger partial charge on any atom is -0.384 e. The predicted octanol–water partition coefficient (Wildman–Crippen LogP) is 3.38. The Bertz CT molecular complexity index is 677. The van der Waals surface area contributed by atoms with Gasteiger partial charge in [0, 0.05) is 37.9 Å². The zero-order valence-corrected chi connectivity index (χ0v) is 20.4. The summed E-state index contributed by atoms with van der Waals surface area (Å²) in [5.74, 6) is 1.15. The van der Waals surface area contributed by atoms with Crippen molar-refractivity contribution in [2.45, 2.75) is 25.3 Å². The minimum atomic E-state index is 0. The van der Waals surface area contributed by atoms with Gasteiger partial charge in [0.25, 0.3) is 0 Å². The standard InChI is InChI=1S/C21H31N5.4ClH/c22-11-13-26-15-18(14-19-9-4-10-21(23)25-19)20(16-26)24-12-5-8-17-6-2-1-3-7-17;;;;/h1-4,6-7,9-10,18,20,24H,5,8,11-16,22H2,(H2,23,25);4*1H/t18-,20-;;;;/m0..../s1. The number of likely N-dealkylation sites (tertiary alicyclic amines) is 1. The Morgan fingerprint density at radius 2 is 1.70 bits per heavy atom. The highest BCUT2D eigenvalue weighted by atomic mass is 35.5. The number of hydrogen-bond acceptors (Lipinski definition) is 5. The summed E-state index contributed by atoms with van der Waals surface area (Å²) >= 11 is 0. The molecule has 1 aliphatic heterocycles. The lowest BCUT2D eigenvalue weighted by atomic mass is 9.97. The fourth-order valence-corrected chi connectivity index (χ4v) is 3.87. The Labute approximate surface area is 205 Å². The summed E-state index contributed by atoms with van der Waals surface area (Å²) in [5, 5.41) is 3.78. The molecule has 9 heteroatoms. The van der Waals surface area contributed by atoms with Crippen LogP contribution in [0.1, 0.15) is 17.7 Å². The third-order valence-corrected chi connectivity index (χ3v) is 5.15. The van der Waals surface area contributed by atoms with Crippen LogP contribution in [0.2, 0.25) is 0 Å². The SMILES string of the molecule is Cl.Cl.Cl.Cl.NCCN1C[C@H](Cc2cccc(N)n2)[C@@H](NCCCc2ccccc2)C1. The highest BCUT2D eigenvalue weighted by Gasteiger charge is 2.32. The van der Waals surface area contributed by atoms with Crippen molar-refractivity contribution in [3.05, 3.63) is 59.8 Å². The molecule has 1 aliphatic rings. The number of hydrogen-bond donors (Lipinski definition) is 3.